The number of hydrogen-bond acceptors (Lipinski definition) is 5. The van der Waals surface area contributed by atoms with E-state index in [0.717, 1.165) is 5.69 Å². The van der Waals surface area contributed by atoms with Crippen molar-refractivity contribution in [2.24, 2.45) is 0 Å². The van der Waals surface area contributed by atoms with Gasteiger partial charge < -0.3 is 15.0 Å². The van der Waals surface area contributed by atoms with Crippen LogP contribution in [0, 0.1) is 12.3 Å². The molecular formula is C18H25N3O4S. The van der Waals surface area contributed by atoms with Gasteiger partial charge in [0, 0.05) is 31.9 Å². The molecule has 1 aliphatic heterocycles. The highest BCUT2D eigenvalue weighted by atomic mass is 32.2. The number of carbonyl (C=O) groups is 1. The summed E-state index contributed by atoms with van der Waals surface area (Å²) in [6.07, 6.45) is 4.77. The van der Waals surface area contributed by atoms with E-state index in [1.807, 2.05) is 0 Å². The second kappa shape index (κ2) is 7.98. The quantitative estimate of drug-likeness (QED) is 0.809. The van der Waals surface area contributed by atoms with Crippen LogP contribution in [0.5, 0.6) is 0 Å². The van der Waals surface area contributed by atoms with Crippen molar-refractivity contribution >= 4 is 21.8 Å². The van der Waals surface area contributed by atoms with Gasteiger partial charge in [-0.15, -0.1) is 6.42 Å². The molecule has 0 bridgehead atoms. The Morgan fingerprint density at radius 2 is 1.77 bits per heavy atom. The number of nitrogens with one attached hydrogen (secondary N) is 1. The van der Waals surface area contributed by atoms with Crippen LogP contribution in [0.1, 0.15) is 20.8 Å². The number of hydrogen-bond donors (Lipinski definition) is 1. The lowest BCUT2D eigenvalue weighted by atomic mass is 10.2. The number of ether oxygens (including phenoxy) is 1. The maximum atomic E-state index is 12.8. The SMILES string of the molecule is C#CCNc1ccc(S(=O)(=O)N2CCN(C(=O)OC(C)(C)C)CC2)cc1. The molecule has 1 aromatic rings. The molecule has 2 rings (SSSR count). The Hall–Kier alpha value is -2.24. The molecule has 0 spiro atoms. The van der Waals surface area contributed by atoms with Gasteiger partial charge in [0.2, 0.25) is 10.0 Å². The molecule has 0 aromatic heterocycles. The predicted octanol–water partition coefficient (Wildman–Crippen LogP) is 1.97. The number of nitrogens with zero attached hydrogens (tertiary/aromatic N) is 2. The molecule has 0 radical (unpaired) electrons. The first-order valence-corrected chi connectivity index (χ1v) is 9.83. The van der Waals surface area contributed by atoms with E-state index >= 15 is 0 Å². The monoisotopic (exact) mass is 379 g/mol. The van der Waals surface area contributed by atoms with E-state index in [4.69, 9.17) is 11.2 Å². The number of anilines is 1. The summed E-state index contributed by atoms with van der Waals surface area (Å²) in [6, 6.07) is 6.46. The summed E-state index contributed by atoms with van der Waals surface area (Å²) in [4.78, 5) is 13.8. The summed E-state index contributed by atoms with van der Waals surface area (Å²) in [7, 11) is -3.60. The summed E-state index contributed by atoms with van der Waals surface area (Å²) in [5.74, 6) is 2.46. The molecule has 8 heteroatoms. The lowest BCUT2D eigenvalue weighted by molar-refractivity contribution is 0.0192. The van der Waals surface area contributed by atoms with Gasteiger partial charge in [0.25, 0.3) is 0 Å². The first-order chi connectivity index (χ1) is 12.1. The van der Waals surface area contributed by atoms with Crippen molar-refractivity contribution in [1.82, 2.24) is 9.21 Å². The number of amides is 1. The van der Waals surface area contributed by atoms with E-state index < -0.39 is 21.7 Å². The number of terminal acetylenes is 1. The van der Waals surface area contributed by atoms with Gasteiger partial charge in [0.1, 0.15) is 5.60 Å². The number of sulfonamides is 1. The van der Waals surface area contributed by atoms with Crippen LogP contribution in [0.25, 0.3) is 0 Å². The van der Waals surface area contributed by atoms with Crippen LogP contribution in [-0.2, 0) is 14.8 Å². The average molecular weight is 379 g/mol. The first kappa shape index (κ1) is 20.1. The fraction of sp³-hybridized carbons (Fsp3) is 0.500. The Morgan fingerprint density at radius 3 is 2.27 bits per heavy atom. The summed E-state index contributed by atoms with van der Waals surface area (Å²) in [5, 5.41) is 2.99. The highest BCUT2D eigenvalue weighted by Crippen LogP contribution is 2.20. The van der Waals surface area contributed by atoms with E-state index in [1.165, 1.54) is 9.21 Å². The van der Waals surface area contributed by atoms with Crippen molar-refractivity contribution < 1.29 is 17.9 Å². The van der Waals surface area contributed by atoms with Gasteiger partial charge in [-0.2, -0.15) is 4.31 Å². The highest BCUT2D eigenvalue weighted by molar-refractivity contribution is 7.89. The summed E-state index contributed by atoms with van der Waals surface area (Å²) in [6.45, 7) is 6.84. The molecule has 1 fully saturated rings. The van der Waals surface area contributed by atoms with Crippen LogP contribution in [0.3, 0.4) is 0 Å². The van der Waals surface area contributed by atoms with Crippen molar-refractivity contribution in [3.05, 3.63) is 24.3 Å². The zero-order valence-electron chi connectivity index (χ0n) is 15.4. The molecule has 26 heavy (non-hydrogen) atoms. The van der Waals surface area contributed by atoms with E-state index in [-0.39, 0.29) is 18.0 Å². The molecule has 0 saturated carbocycles. The number of benzene rings is 1. The van der Waals surface area contributed by atoms with Crippen molar-refractivity contribution in [1.29, 1.82) is 0 Å². The molecule has 1 saturated heterocycles. The molecule has 1 aliphatic rings. The van der Waals surface area contributed by atoms with Gasteiger partial charge in [0.15, 0.2) is 0 Å². The van der Waals surface area contributed by atoms with Crippen LogP contribution < -0.4 is 5.32 Å². The van der Waals surface area contributed by atoms with Gasteiger partial charge in [-0.25, -0.2) is 13.2 Å². The van der Waals surface area contributed by atoms with Gasteiger partial charge >= 0.3 is 6.09 Å². The number of rotatable bonds is 4. The van der Waals surface area contributed by atoms with Crippen LogP contribution >= 0.6 is 0 Å². The Kier molecular flexibility index (Phi) is 6.16. The van der Waals surface area contributed by atoms with Crippen LogP contribution in [0.4, 0.5) is 10.5 Å². The zero-order valence-corrected chi connectivity index (χ0v) is 16.2. The Labute approximate surface area is 155 Å². The minimum Gasteiger partial charge on any atom is -0.444 e. The van der Waals surface area contributed by atoms with E-state index in [0.29, 0.717) is 19.6 Å². The fourth-order valence-corrected chi connectivity index (χ4v) is 3.91. The van der Waals surface area contributed by atoms with E-state index in [9.17, 15) is 13.2 Å². The van der Waals surface area contributed by atoms with Crippen molar-refractivity contribution in [2.45, 2.75) is 31.3 Å². The third-order valence-corrected chi connectivity index (χ3v) is 5.69. The second-order valence-corrected chi connectivity index (χ2v) is 8.89. The third kappa shape index (κ3) is 5.13. The third-order valence-electron chi connectivity index (χ3n) is 3.78. The predicted molar refractivity (Wildman–Crippen MR) is 100 cm³/mol. The van der Waals surface area contributed by atoms with Crippen LogP contribution in [-0.4, -0.2) is 62.0 Å². The minimum atomic E-state index is -3.60. The summed E-state index contributed by atoms with van der Waals surface area (Å²) < 4.78 is 32.2. The normalized spacial score (nSPS) is 16.0. The maximum Gasteiger partial charge on any atom is 0.410 e. The zero-order chi connectivity index (χ0) is 19.4. The van der Waals surface area contributed by atoms with Gasteiger partial charge in [-0.05, 0) is 45.0 Å². The Balaban J connectivity index is 1.99. The second-order valence-electron chi connectivity index (χ2n) is 6.95. The number of piperazine rings is 1. The molecule has 0 atom stereocenters. The fourth-order valence-electron chi connectivity index (χ4n) is 2.48. The van der Waals surface area contributed by atoms with E-state index in [2.05, 4.69) is 11.2 Å². The molecule has 0 unspecified atom stereocenters. The van der Waals surface area contributed by atoms with Gasteiger partial charge in [0.05, 0.1) is 11.4 Å². The van der Waals surface area contributed by atoms with Crippen LogP contribution in [0.2, 0.25) is 0 Å². The summed E-state index contributed by atoms with van der Waals surface area (Å²) in [5.41, 5.74) is 0.187. The number of carbonyl (C=O) groups excluding carboxylic acids is 1. The minimum absolute atomic E-state index is 0.217. The lowest BCUT2D eigenvalue weighted by Crippen LogP contribution is -2.51. The maximum absolute atomic E-state index is 12.8. The standard InChI is InChI=1S/C18H25N3O4S/c1-5-10-19-15-6-8-16(9-7-15)26(23,24)21-13-11-20(12-14-21)17(22)25-18(2,3)4/h1,6-9,19H,10-14H2,2-4H3. The Morgan fingerprint density at radius 1 is 1.19 bits per heavy atom. The van der Waals surface area contributed by atoms with Gasteiger partial charge in [-0.1, -0.05) is 5.92 Å². The highest BCUT2D eigenvalue weighted by Gasteiger charge is 2.31. The molecule has 1 amide bonds. The van der Waals surface area contributed by atoms with Crippen LogP contribution in [0.15, 0.2) is 29.2 Å². The van der Waals surface area contributed by atoms with Gasteiger partial charge in [-0.3, -0.25) is 0 Å². The molecule has 142 valence electrons. The largest absolute Gasteiger partial charge is 0.444 e. The molecule has 1 aromatic carbocycles. The molecule has 1 N–H and O–H groups in total. The Bertz CT molecular complexity index is 768. The summed E-state index contributed by atoms with van der Waals surface area (Å²) >= 11 is 0. The average Bonchev–Trinajstić information content (AvgIpc) is 2.59. The molecule has 0 aliphatic carbocycles. The smallest absolute Gasteiger partial charge is 0.410 e. The first-order valence-electron chi connectivity index (χ1n) is 8.39. The van der Waals surface area contributed by atoms with Crippen molar-refractivity contribution in [3.63, 3.8) is 0 Å². The topological polar surface area (TPSA) is 79.0 Å². The molecule has 1 heterocycles. The van der Waals surface area contributed by atoms with Crippen molar-refractivity contribution in [3.8, 4) is 12.3 Å². The van der Waals surface area contributed by atoms with E-state index in [1.54, 1.807) is 45.0 Å². The lowest BCUT2D eigenvalue weighted by Gasteiger charge is -2.35. The molecule has 7 nitrogen and oxygen atoms in total. The van der Waals surface area contributed by atoms with Crippen molar-refractivity contribution in [2.75, 3.05) is 38.0 Å². The molecular weight excluding hydrogens is 354 g/mol.